The summed E-state index contributed by atoms with van der Waals surface area (Å²) in [5.41, 5.74) is 12.8. The molecule has 8 aromatic carbocycles. The lowest BCUT2D eigenvalue weighted by molar-refractivity contribution is 1.17. The molecule has 0 saturated carbocycles. The Balaban J connectivity index is 1.12. The minimum absolute atomic E-state index is 0.566. The molecule has 5 nitrogen and oxygen atoms in total. The zero-order valence-electron chi connectivity index (χ0n) is 29.5. The lowest BCUT2D eigenvalue weighted by Crippen LogP contribution is -1.97. The predicted octanol–water partition coefficient (Wildman–Crippen LogP) is 13.7. The second-order valence-electron chi connectivity index (χ2n) is 13.9. The molecule has 55 heavy (non-hydrogen) atoms. The van der Waals surface area contributed by atoms with E-state index in [-0.39, 0.29) is 0 Å². The summed E-state index contributed by atoms with van der Waals surface area (Å²) in [5, 5.41) is 6.92. The molecule has 0 aliphatic carbocycles. The highest BCUT2D eigenvalue weighted by atomic mass is 15.0. The minimum atomic E-state index is 0.566. The Morgan fingerprint density at radius 2 is 0.891 bits per heavy atom. The van der Waals surface area contributed by atoms with Crippen LogP contribution in [0.3, 0.4) is 0 Å². The highest BCUT2D eigenvalue weighted by molar-refractivity contribution is 6.16. The molecule has 11 aromatic rings. The first kappa shape index (κ1) is 30.7. The van der Waals surface area contributed by atoms with E-state index in [9.17, 15) is 0 Å². The van der Waals surface area contributed by atoms with Crippen molar-refractivity contribution in [2.75, 3.05) is 0 Å². The van der Waals surface area contributed by atoms with Gasteiger partial charge in [-0.2, -0.15) is 0 Å². The number of hydrogen-bond acceptors (Lipinski definition) is 0. The van der Waals surface area contributed by atoms with Crippen LogP contribution in [-0.4, -0.2) is 13.7 Å². The van der Waals surface area contributed by atoms with Crippen molar-refractivity contribution < 1.29 is 0 Å². The van der Waals surface area contributed by atoms with Gasteiger partial charge in [-0.1, -0.05) is 109 Å². The van der Waals surface area contributed by atoms with Crippen molar-refractivity contribution in [3.8, 4) is 28.2 Å². The van der Waals surface area contributed by atoms with Gasteiger partial charge >= 0.3 is 0 Å². The van der Waals surface area contributed by atoms with E-state index in [1.165, 1.54) is 32.6 Å². The molecule has 0 N–H and O–H groups in total. The van der Waals surface area contributed by atoms with E-state index in [0.717, 1.165) is 61.0 Å². The second-order valence-corrected chi connectivity index (χ2v) is 13.9. The Morgan fingerprint density at radius 3 is 1.56 bits per heavy atom. The van der Waals surface area contributed by atoms with E-state index < -0.39 is 0 Å². The van der Waals surface area contributed by atoms with Crippen LogP contribution >= 0.6 is 0 Å². The molecule has 254 valence electrons. The Morgan fingerprint density at radius 1 is 0.345 bits per heavy atom. The van der Waals surface area contributed by atoms with Crippen LogP contribution in [0.2, 0.25) is 0 Å². The maximum absolute atomic E-state index is 8.15. The quantitative estimate of drug-likeness (QED) is 0.163. The predicted molar refractivity (Wildman–Crippen MR) is 227 cm³/mol. The van der Waals surface area contributed by atoms with E-state index in [0.29, 0.717) is 11.4 Å². The van der Waals surface area contributed by atoms with Gasteiger partial charge in [0.1, 0.15) is 0 Å². The van der Waals surface area contributed by atoms with Crippen molar-refractivity contribution in [3.63, 3.8) is 0 Å². The third-order valence-electron chi connectivity index (χ3n) is 11.1. The molecule has 0 atom stereocenters. The molecule has 0 saturated heterocycles. The van der Waals surface area contributed by atoms with E-state index >= 15 is 0 Å². The first-order chi connectivity index (χ1) is 27.2. The Labute approximate surface area is 316 Å². The van der Waals surface area contributed by atoms with Crippen LogP contribution in [0.1, 0.15) is 0 Å². The summed E-state index contributed by atoms with van der Waals surface area (Å²) in [6.07, 6.45) is 0. The smallest absolute Gasteiger partial charge is 0.210 e. The van der Waals surface area contributed by atoms with Crippen molar-refractivity contribution in [2.24, 2.45) is 0 Å². The molecule has 0 aliphatic rings. The van der Waals surface area contributed by atoms with E-state index in [1.807, 2.05) is 42.5 Å². The highest BCUT2D eigenvalue weighted by Crippen LogP contribution is 2.42. The molecule has 0 bridgehead atoms. The first-order valence-corrected chi connectivity index (χ1v) is 18.3. The zero-order valence-corrected chi connectivity index (χ0v) is 29.5. The zero-order chi connectivity index (χ0) is 36.6. The fourth-order valence-corrected chi connectivity index (χ4v) is 8.74. The fourth-order valence-electron chi connectivity index (χ4n) is 8.74. The number of para-hydroxylation sites is 4. The fraction of sp³-hybridized carbons (Fsp3) is 0. The summed E-state index contributed by atoms with van der Waals surface area (Å²) in [7, 11) is 0. The Hall–Kier alpha value is -7.86. The minimum Gasteiger partial charge on any atom is -0.319 e. The molecule has 11 rings (SSSR count). The topological polar surface area (TPSA) is 23.5 Å². The third-order valence-corrected chi connectivity index (χ3v) is 11.1. The molecule has 5 heteroatoms. The maximum atomic E-state index is 8.15. The molecule has 0 unspecified atom stereocenters. The van der Waals surface area contributed by atoms with Gasteiger partial charge in [0, 0.05) is 32.6 Å². The summed E-state index contributed by atoms with van der Waals surface area (Å²) in [6.45, 7) is 15.8. The van der Waals surface area contributed by atoms with Gasteiger partial charge < -0.3 is 13.7 Å². The molecule has 0 amide bonds. The van der Waals surface area contributed by atoms with Crippen molar-refractivity contribution in [1.29, 1.82) is 0 Å². The molecular weight excluding hydrogens is 671 g/mol. The van der Waals surface area contributed by atoms with Gasteiger partial charge in [0.05, 0.1) is 57.6 Å². The van der Waals surface area contributed by atoms with Crippen molar-refractivity contribution >= 4 is 76.8 Å². The van der Waals surface area contributed by atoms with Crippen LogP contribution in [0.5, 0.6) is 0 Å². The number of nitrogens with zero attached hydrogens (tertiary/aromatic N) is 5. The van der Waals surface area contributed by atoms with E-state index in [2.05, 4.69) is 157 Å². The Kier molecular flexibility index (Phi) is 6.61. The summed E-state index contributed by atoms with van der Waals surface area (Å²) in [4.78, 5) is 7.67. The van der Waals surface area contributed by atoms with Crippen LogP contribution in [0, 0.1) is 13.1 Å². The largest absolute Gasteiger partial charge is 0.319 e. The number of fused-ring (bicyclic) bond motifs is 9. The van der Waals surface area contributed by atoms with Crippen LogP contribution < -0.4 is 0 Å². The second kappa shape index (κ2) is 11.8. The lowest BCUT2D eigenvalue weighted by atomic mass is 10.0. The van der Waals surface area contributed by atoms with Crippen molar-refractivity contribution in [2.45, 2.75) is 0 Å². The monoisotopic (exact) mass is 699 g/mol. The van der Waals surface area contributed by atoms with Gasteiger partial charge in [-0.3, -0.25) is 0 Å². The normalized spacial score (nSPS) is 11.6. The summed E-state index contributed by atoms with van der Waals surface area (Å²) >= 11 is 0. The standard InChI is InChI=1S/C50H29N5/c1-51-34-26-28-46-40(31-34)38-17-5-9-21-44(38)55(46)49-30-33(25-27-41(49)52-2)32-13-11-14-35(29-32)53-45-22-10-6-18-39(45)50-47(53)23-12-24-48(50)54-42-19-7-3-15-36(42)37-16-4-8-20-43(37)54/h3-31H. The van der Waals surface area contributed by atoms with Gasteiger partial charge in [-0.25, -0.2) is 9.69 Å². The van der Waals surface area contributed by atoms with Crippen LogP contribution in [0.25, 0.3) is 103 Å². The molecular formula is C50H29N5. The highest BCUT2D eigenvalue weighted by Gasteiger charge is 2.20. The summed E-state index contributed by atoms with van der Waals surface area (Å²) in [5.74, 6) is 0. The van der Waals surface area contributed by atoms with Gasteiger partial charge in [0.15, 0.2) is 5.69 Å². The number of aromatic nitrogens is 3. The maximum Gasteiger partial charge on any atom is 0.210 e. The summed E-state index contributed by atoms with van der Waals surface area (Å²) < 4.78 is 6.96. The van der Waals surface area contributed by atoms with Gasteiger partial charge in [-0.05, 0) is 83.2 Å². The molecule has 0 aliphatic heterocycles. The molecule has 0 radical (unpaired) electrons. The van der Waals surface area contributed by atoms with Crippen LogP contribution in [0.4, 0.5) is 11.4 Å². The van der Waals surface area contributed by atoms with Gasteiger partial charge in [-0.15, -0.1) is 0 Å². The van der Waals surface area contributed by atoms with E-state index in [4.69, 9.17) is 13.1 Å². The first-order valence-electron chi connectivity index (χ1n) is 18.3. The third kappa shape index (κ3) is 4.45. The average molecular weight is 700 g/mol. The average Bonchev–Trinajstić information content (AvgIpc) is 3.89. The Bertz CT molecular complexity index is 3420. The van der Waals surface area contributed by atoms with Crippen LogP contribution in [-0.2, 0) is 0 Å². The molecule has 0 spiro atoms. The molecule has 3 heterocycles. The van der Waals surface area contributed by atoms with Crippen molar-refractivity contribution in [1.82, 2.24) is 13.7 Å². The SMILES string of the molecule is [C-]#[N+]c1ccc2c(c1)c1ccccc1n2-c1cc(-c2cccc(-n3c4ccccc4c4c(-n5c6ccccc6c6ccccc65)cccc43)c2)ccc1[N+]#[C-]. The van der Waals surface area contributed by atoms with Crippen LogP contribution in [0.15, 0.2) is 176 Å². The van der Waals surface area contributed by atoms with Gasteiger partial charge in [0.25, 0.3) is 0 Å². The van der Waals surface area contributed by atoms with E-state index in [1.54, 1.807) is 0 Å². The number of rotatable bonds is 4. The summed E-state index contributed by atoms with van der Waals surface area (Å²) in [6, 6.07) is 61.5. The number of benzene rings is 8. The lowest BCUT2D eigenvalue weighted by Gasteiger charge is -2.14. The van der Waals surface area contributed by atoms with Gasteiger partial charge in [0.2, 0.25) is 5.69 Å². The number of hydrogen-bond donors (Lipinski definition) is 0. The van der Waals surface area contributed by atoms with Crippen molar-refractivity contribution in [3.05, 3.63) is 199 Å². The molecule has 3 aromatic heterocycles. The molecule has 0 fully saturated rings.